The molecule has 30 heavy (non-hydrogen) atoms. The van der Waals surface area contributed by atoms with E-state index in [1.165, 1.54) is 0 Å². The van der Waals surface area contributed by atoms with E-state index >= 15 is 0 Å². The number of likely N-dealkylation sites (tertiary alicyclic amines) is 1. The summed E-state index contributed by atoms with van der Waals surface area (Å²) in [6.45, 7) is 8.27. The molecule has 2 amide bonds. The van der Waals surface area contributed by atoms with Gasteiger partial charge in [0.05, 0.1) is 5.92 Å². The van der Waals surface area contributed by atoms with Crippen LogP contribution in [0.5, 0.6) is 0 Å². The van der Waals surface area contributed by atoms with Crippen molar-refractivity contribution in [3.8, 4) is 0 Å². The van der Waals surface area contributed by atoms with Gasteiger partial charge in [-0.15, -0.1) is 0 Å². The summed E-state index contributed by atoms with van der Waals surface area (Å²) in [6.07, 6.45) is 0.114. The van der Waals surface area contributed by atoms with Crippen molar-refractivity contribution in [2.24, 2.45) is 5.92 Å². The number of carbonyl (C=O) groups is 3. The third-order valence-electron chi connectivity index (χ3n) is 5.33. The fourth-order valence-electron chi connectivity index (χ4n) is 3.80. The molecule has 6 heteroatoms. The number of amides is 2. The fourth-order valence-corrected chi connectivity index (χ4v) is 3.80. The topological polar surface area (TPSA) is 75.7 Å². The van der Waals surface area contributed by atoms with Crippen LogP contribution in [0.25, 0.3) is 0 Å². The van der Waals surface area contributed by atoms with Crippen LogP contribution in [0.15, 0.2) is 36.4 Å². The van der Waals surface area contributed by atoms with E-state index in [9.17, 15) is 14.4 Å². The van der Waals surface area contributed by atoms with Crippen LogP contribution >= 0.6 is 0 Å². The van der Waals surface area contributed by atoms with Crippen LogP contribution in [-0.4, -0.2) is 35.8 Å². The Hall–Kier alpha value is -3.15. The number of nitrogens with zero attached hydrogens (tertiary/aromatic N) is 1. The fraction of sp³-hybridized carbons (Fsp3) is 0.375. The largest absolute Gasteiger partial charge is 0.455 e. The molecule has 2 aromatic rings. The first-order chi connectivity index (χ1) is 14.2. The van der Waals surface area contributed by atoms with Crippen molar-refractivity contribution in [3.05, 3.63) is 64.2 Å². The Kier molecular flexibility index (Phi) is 6.55. The molecule has 1 aliphatic rings. The highest BCUT2D eigenvalue weighted by molar-refractivity contribution is 5.95. The van der Waals surface area contributed by atoms with Crippen LogP contribution in [0.4, 0.5) is 5.69 Å². The summed E-state index contributed by atoms with van der Waals surface area (Å²) in [5, 5.41) is 2.81. The van der Waals surface area contributed by atoms with E-state index in [0.29, 0.717) is 13.1 Å². The minimum atomic E-state index is -0.543. The zero-order valence-corrected chi connectivity index (χ0v) is 18.0. The van der Waals surface area contributed by atoms with Crippen LogP contribution < -0.4 is 5.32 Å². The highest BCUT2D eigenvalue weighted by Gasteiger charge is 2.35. The molecule has 0 aliphatic carbocycles. The molecule has 0 saturated carbocycles. The number of hydrogen-bond donors (Lipinski definition) is 1. The lowest BCUT2D eigenvalue weighted by Gasteiger charge is -2.17. The normalized spacial score (nSPS) is 15.9. The highest BCUT2D eigenvalue weighted by Crippen LogP contribution is 2.23. The van der Waals surface area contributed by atoms with Gasteiger partial charge in [-0.3, -0.25) is 14.4 Å². The van der Waals surface area contributed by atoms with Gasteiger partial charge in [0.25, 0.3) is 5.91 Å². The number of ether oxygens (including phenoxy) is 1. The molecular weight excluding hydrogens is 380 g/mol. The third kappa shape index (κ3) is 5.26. The predicted molar refractivity (Wildman–Crippen MR) is 115 cm³/mol. The van der Waals surface area contributed by atoms with E-state index in [1.54, 1.807) is 4.90 Å². The van der Waals surface area contributed by atoms with E-state index in [4.69, 9.17) is 4.74 Å². The first-order valence-corrected chi connectivity index (χ1v) is 10.1. The number of anilines is 1. The Morgan fingerprint density at radius 2 is 1.67 bits per heavy atom. The number of aryl methyl sites for hydroxylation is 4. The number of benzene rings is 2. The van der Waals surface area contributed by atoms with Gasteiger partial charge in [0, 0.05) is 25.2 Å². The van der Waals surface area contributed by atoms with Gasteiger partial charge in [-0.25, -0.2) is 0 Å². The average Bonchev–Trinajstić information content (AvgIpc) is 3.05. The molecule has 1 atom stereocenters. The summed E-state index contributed by atoms with van der Waals surface area (Å²) in [4.78, 5) is 38.6. The molecule has 0 aromatic heterocycles. The van der Waals surface area contributed by atoms with Crippen molar-refractivity contribution < 1.29 is 19.1 Å². The van der Waals surface area contributed by atoms with E-state index in [-0.39, 0.29) is 24.8 Å². The predicted octanol–water partition coefficient (Wildman–Crippen LogP) is 3.45. The van der Waals surface area contributed by atoms with Gasteiger partial charge in [0.1, 0.15) is 0 Å². The molecule has 158 valence electrons. The van der Waals surface area contributed by atoms with Gasteiger partial charge in [-0.05, 0) is 44.4 Å². The van der Waals surface area contributed by atoms with Gasteiger partial charge in [-0.2, -0.15) is 0 Å². The minimum Gasteiger partial charge on any atom is -0.455 e. The third-order valence-corrected chi connectivity index (χ3v) is 5.33. The Labute approximate surface area is 177 Å². The van der Waals surface area contributed by atoms with Crippen LogP contribution in [0.2, 0.25) is 0 Å². The summed E-state index contributed by atoms with van der Waals surface area (Å²) >= 11 is 0. The SMILES string of the molecule is Cc1ccc(CN2C[C@H](C(=O)OCC(=O)Nc3c(C)cc(C)cc3C)CC2=O)cc1. The van der Waals surface area contributed by atoms with Gasteiger partial charge >= 0.3 is 5.97 Å². The van der Waals surface area contributed by atoms with Gasteiger partial charge < -0.3 is 15.0 Å². The van der Waals surface area contributed by atoms with Gasteiger partial charge in [-0.1, -0.05) is 47.5 Å². The molecule has 6 nitrogen and oxygen atoms in total. The average molecular weight is 408 g/mol. The lowest BCUT2D eigenvalue weighted by Crippen LogP contribution is -2.28. The number of nitrogens with one attached hydrogen (secondary N) is 1. The van der Waals surface area contributed by atoms with Crippen LogP contribution in [0, 0.1) is 33.6 Å². The second-order valence-electron chi connectivity index (χ2n) is 8.09. The minimum absolute atomic E-state index is 0.0760. The quantitative estimate of drug-likeness (QED) is 0.743. The molecule has 0 bridgehead atoms. The molecule has 2 aromatic carbocycles. The smallest absolute Gasteiger partial charge is 0.311 e. The van der Waals surface area contributed by atoms with Crippen molar-refractivity contribution in [1.29, 1.82) is 0 Å². The Bertz CT molecular complexity index is 943. The molecule has 0 spiro atoms. The first kappa shape index (κ1) is 21.6. The Morgan fingerprint density at radius 1 is 1.03 bits per heavy atom. The van der Waals surface area contributed by atoms with Crippen molar-refractivity contribution in [2.45, 2.75) is 40.7 Å². The molecule has 3 rings (SSSR count). The molecule has 0 radical (unpaired) electrons. The van der Waals surface area contributed by atoms with Crippen LogP contribution in [0.1, 0.15) is 34.2 Å². The second-order valence-corrected chi connectivity index (χ2v) is 8.09. The zero-order chi connectivity index (χ0) is 21.8. The number of carbonyl (C=O) groups excluding carboxylic acids is 3. The second kappa shape index (κ2) is 9.11. The molecule has 1 saturated heterocycles. The summed E-state index contributed by atoms with van der Waals surface area (Å²) in [5.74, 6) is -1.52. The number of esters is 1. The number of hydrogen-bond acceptors (Lipinski definition) is 4. The maximum atomic E-state index is 12.4. The highest BCUT2D eigenvalue weighted by atomic mass is 16.5. The van der Waals surface area contributed by atoms with Crippen LogP contribution in [-0.2, 0) is 25.7 Å². The molecular formula is C24H28N2O4. The Morgan fingerprint density at radius 3 is 2.30 bits per heavy atom. The summed E-state index contributed by atoms with van der Waals surface area (Å²) in [5.41, 5.74) is 5.95. The molecule has 1 heterocycles. The van der Waals surface area contributed by atoms with E-state index < -0.39 is 11.9 Å². The van der Waals surface area contributed by atoms with E-state index in [0.717, 1.165) is 33.5 Å². The van der Waals surface area contributed by atoms with E-state index in [1.807, 2.05) is 64.1 Å². The molecule has 1 N–H and O–H groups in total. The summed E-state index contributed by atoms with van der Waals surface area (Å²) < 4.78 is 5.20. The summed E-state index contributed by atoms with van der Waals surface area (Å²) in [7, 11) is 0. The van der Waals surface area contributed by atoms with Gasteiger partial charge in [0.2, 0.25) is 5.91 Å². The monoisotopic (exact) mass is 408 g/mol. The van der Waals surface area contributed by atoms with Crippen LogP contribution in [0.3, 0.4) is 0 Å². The van der Waals surface area contributed by atoms with Crippen molar-refractivity contribution in [3.63, 3.8) is 0 Å². The maximum absolute atomic E-state index is 12.4. The first-order valence-electron chi connectivity index (χ1n) is 10.1. The summed E-state index contributed by atoms with van der Waals surface area (Å²) in [6, 6.07) is 11.9. The van der Waals surface area contributed by atoms with Crippen molar-refractivity contribution >= 4 is 23.5 Å². The van der Waals surface area contributed by atoms with Crippen molar-refractivity contribution in [1.82, 2.24) is 4.90 Å². The van der Waals surface area contributed by atoms with E-state index in [2.05, 4.69) is 5.32 Å². The number of rotatable bonds is 6. The molecule has 1 aliphatic heterocycles. The zero-order valence-electron chi connectivity index (χ0n) is 18.0. The lowest BCUT2D eigenvalue weighted by molar-refractivity contribution is -0.151. The standard InChI is InChI=1S/C24H28N2O4/c1-15-5-7-19(8-6-15)12-26-13-20(11-22(26)28)24(29)30-14-21(27)25-23-17(3)9-16(2)10-18(23)4/h5-10,20H,11-14H2,1-4H3,(H,25,27)/t20-/m1/s1. The lowest BCUT2D eigenvalue weighted by atomic mass is 10.1. The Balaban J connectivity index is 1.51. The maximum Gasteiger partial charge on any atom is 0.311 e. The molecule has 1 fully saturated rings. The van der Waals surface area contributed by atoms with Gasteiger partial charge in [0.15, 0.2) is 6.61 Å². The van der Waals surface area contributed by atoms with Crippen molar-refractivity contribution in [2.75, 3.05) is 18.5 Å². The molecule has 0 unspecified atom stereocenters.